The lowest BCUT2D eigenvalue weighted by molar-refractivity contribution is -0.385. The van der Waals surface area contributed by atoms with Crippen LogP contribution in [0, 0.1) is 10.1 Å². The molecule has 0 aliphatic heterocycles. The van der Waals surface area contributed by atoms with Crippen LogP contribution in [0.2, 0.25) is 0 Å². The van der Waals surface area contributed by atoms with E-state index in [1.807, 2.05) is 0 Å². The van der Waals surface area contributed by atoms with Gasteiger partial charge in [0.15, 0.2) is 0 Å². The first-order valence-corrected chi connectivity index (χ1v) is 6.52. The fourth-order valence-corrected chi connectivity index (χ4v) is 1.81. The third-order valence-corrected chi connectivity index (χ3v) is 3.13. The Morgan fingerprint density at radius 1 is 1.57 bits per heavy atom. The molecule has 0 spiro atoms. The van der Waals surface area contributed by atoms with Crippen molar-refractivity contribution in [1.82, 2.24) is 5.32 Å². The molecule has 1 amide bonds. The zero-order valence-electron chi connectivity index (χ0n) is 11.6. The number of methoxy groups -OCH3 is 1. The van der Waals surface area contributed by atoms with Crippen molar-refractivity contribution >= 4 is 11.6 Å². The summed E-state index contributed by atoms with van der Waals surface area (Å²) >= 11 is 0. The molecule has 0 bridgehead atoms. The van der Waals surface area contributed by atoms with E-state index in [9.17, 15) is 14.9 Å². The SMILES string of the molecule is COc1ccc([N+](=O)[O-])c(OCC(NC2CC2)C(N)=O)c1. The highest BCUT2D eigenvalue weighted by Crippen LogP contribution is 2.31. The number of hydrogen-bond donors (Lipinski definition) is 2. The van der Waals surface area contributed by atoms with Gasteiger partial charge in [-0.05, 0) is 18.9 Å². The van der Waals surface area contributed by atoms with E-state index in [0.29, 0.717) is 5.75 Å². The molecule has 0 radical (unpaired) electrons. The quantitative estimate of drug-likeness (QED) is 0.535. The second kappa shape index (κ2) is 6.40. The molecular formula is C13H17N3O5. The Bertz CT molecular complexity index is 545. The van der Waals surface area contributed by atoms with Crippen molar-refractivity contribution in [2.45, 2.75) is 24.9 Å². The van der Waals surface area contributed by atoms with Gasteiger partial charge >= 0.3 is 5.69 Å². The van der Waals surface area contributed by atoms with Crippen LogP contribution >= 0.6 is 0 Å². The molecule has 0 saturated heterocycles. The van der Waals surface area contributed by atoms with Crippen molar-refractivity contribution in [3.63, 3.8) is 0 Å². The summed E-state index contributed by atoms with van der Waals surface area (Å²) in [5.41, 5.74) is 5.10. The van der Waals surface area contributed by atoms with Gasteiger partial charge in [-0.1, -0.05) is 0 Å². The number of nitrogens with one attached hydrogen (secondary N) is 1. The zero-order valence-corrected chi connectivity index (χ0v) is 11.6. The van der Waals surface area contributed by atoms with E-state index in [1.54, 1.807) is 0 Å². The van der Waals surface area contributed by atoms with E-state index in [2.05, 4.69) is 5.32 Å². The average Bonchev–Trinajstić information content (AvgIpc) is 3.26. The molecule has 1 fully saturated rings. The summed E-state index contributed by atoms with van der Waals surface area (Å²) in [5.74, 6) is -0.0722. The fraction of sp³-hybridized carbons (Fsp3) is 0.462. The van der Waals surface area contributed by atoms with E-state index in [1.165, 1.54) is 25.3 Å². The molecule has 1 atom stereocenters. The number of carbonyl (C=O) groups excluding carboxylic acids is 1. The fourth-order valence-electron chi connectivity index (χ4n) is 1.81. The first-order valence-electron chi connectivity index (χ1n) is 6.52. The van der Waals surface area contributed by atoms with Gasteiger partial charge in [-0.25, -0.2) is 0 Å². The van der Waals surface area contributed by atoms with Crippen molar-refractivity contribution in [3.05, 3.63) is 28.3 Å². The summed E-state index contributed by atoms with van der Waals surface area (Å²) in [5, 5.41) is 14.0. The third-order valence-electron chi connectivity index (χ3n) is 3.13. The number of ether oxygens (including phenoxy) is 2. The lowest BCUT2D eigenvalue weighted by Gasteiger charge is -2.16. The average molecular weight is 295 g/mol. The summed E-state index contributed by atoms with van der Waals surface area (Å²) in [6.45, 7) is -0.0696. The van der Waals surface area contributed by atoms with Crippen molar-refractivity contribution in [2.75, 3.05) is 13.7 Å². The molecule has 1 aromatic carbocycles. The van der Waals surface area contributed by atoms with Gasteiger partial charge in [0.25, 0.3) is 0 Å². The molecule has 8 nitrogen and oxygen atoms in total. The minimum Gasteiger partial charge on any atom is -0.497 e. The second-order valence-electron chi connectivity index (χ2n) is 4.80. The topological polar surface area (TPSA) is 117 Å². The number of nitrogens with two attached hydrogens (primary N) is 1. The molecule has 0 aromatic heterocycles. The molecule has 1 aliphatic rings. The van der Waals surface area contributed by atoms with E-state index >= 15 is 0 Å². The molecule has 1 aliphatic carbocycles. The molecule has 21 heavy (non-hydrogen) atoms. The van der Waals surface area contributed by atoms with Gasteiger partial charge in [-0.2, -0.15) is 0 Å². The lowest BCUT2D eigenvalue weighted by atomic mass is 10.2. The number of nitro benzene ring substituents is 1. The Morgan fingerprint density at radius 3 is 2.81 bits per heavy atom. The van der Waals surface area contributed by atoms with Gasteiger partial charge in [0.1, 0.15) is 18.4 Å². The Hall–Kier alpha value is -2.35. The molecule has 0 heterocycles. The van der Waals surface area contributed by atoms with Crippen LogP contribution in [-0.2, 0) is 4.79 Å². The van der Waals surface area contributed by atoms with Crippen LogP contribution in [0.3, 0.4) is 0 Å². The summed E-state index contributed by atoms with van der Waals surface area (Å²) in [7, 11) is 1.45. The highest BCUT2D eigenvalue weighted by molar-refractivity contribution is 5.80. The van der Waals surface area contributed by atoms with Crippen LogP contribution in [0.25, 0.3) is 0 Å². The summed E-state index contributed by atoms with van der Waals surface area (Å²) < 4.78 is 10.4. The lowest BCUT2D eigenvalue weighted by Crippen LogP contribution is -2.46. The summed E-state index contributed by atoms with van der Waals surface area (Å²) in [6, 6.07) is 3.77. The predicted octanol–water partition coefficient (Wildman–Crippen LogP) is 0.588. The van der Waals surface area contributed by atoms with E-state index < -0.39 is 16.9 Å². The molecule has 8 heteroatoms. The number of amides is 1. The van der Waals surface area contributed by atoms with Crippen LogP contribution in [-0.4, -0.2) is 36.6 Å². The smallest absolute Gasteiger partial charge is 0.311 e. The highest BCUT2D eigenvalue weighted by Gasteiger charge is 2.28. The molecule has 114 valence electrons. The van der Waals surface area contributed by atoms with Crippen molar-refractivity contribution in [1.29, 1.82) is 0 Å². The number of hydrogen-bond acceptors (Lipinski definition) is 6. The Balaban J connectivity index is 2.09. The zero-order chi connectivity index (χ0) is 15.4. The van der Waals surface area contributed by atoms with Gasteiger partial charge in [-0.3, -0.25) is 14.9 Å². The maximum atomic E-state index is 11.3. The van der Waals surface area contributed by atoms with Gasteiger partial charge in [0.05, 0.1) is 12.0 Å². The van der Waals surface area contributed by atoms with Gasteiger partial charge in [0, 0.05) is 18.2 Å². The van der Waals surface area contributed by atoms with Gasteiger partial charge in [0.2, 0.25) is 11.7 Å². The van der Waals surface area contributed by atoms with Gasteiger partial charge < -0.3 is 20.5 Å². The first-order chi connectivity index (χ1) is 10.0. The minimum atomic E-state index is -0.677. The number of nitrogens with zero attached hydrogens (tertiary/aromatic N) is 1. The third kappa shape index (κ3) is 4.06. The van der Waals surface area contributed by atoms with E-state index in [-0.39, 0.29) is 24.1 Å². The Labute approximate surface area is 121 Å². The van der Waals surface area contributed by atoms with Crippen LogP contribution < -0.4 is 20.5 Å². The predicted molar refractivity (Wildman–Crippen MR) is 74.3 cm³/mol. The number of benzene rings is 1. The summed E-state index contributed by atoms with van der Waals surface area (Å²) in [4.78, 5) is 21.8. The second-order valence-corrected chi connectivity index (χ2v) is 4.80. The Morgan fingerprint density at radius 2 is 2.29 bits per heavy atom. The standard InChI is InChI=1S/C13H17N3O5/c1-20-9-4-5-11(16(18)19)12(6-9)21-7-10(13(14)17)15-8-2-3-8/h4-6,8,10,15H,2-3,7H2,1H3,(H2,14,17). The van der Waals surface area contributed by atoms with Crippen LogP contribution in [0.4, 0.5) is 5.69 Å². The molecule has 1 saturated carbocycles. The number of primary amides is 1. The molecule has 3 N–H and O–H groups in total. The first kappa shape index (κ1) is 15.0. The van der Waals surface area contributed by atoms with Gasteiger partial charge in [-0.15, -0.1) is 0 Å². The minimum absolute atomic E-state index is 0.0446. The molecular weight excluding hydrogens is 278 g/mol. The van der Waals surface area contributed by atoms with Crippen molar-refractivity contribution in [2.24, 2.45) is 5.73 Å². The number of nitro groups is 1. The van der Waals surface area contributed by atoms with Crippen molar-refractivity contribution in [3.8, 4) is 11.5 Å². The number of rotatable bonds is 8. The monoisotopic (exact) mass is 295 g/mol. The van der Waals surface area contributed by atoms with Crippen LogP contribution in [0.5, 0.6) is 11.5 Å². The summed E-state index contributed by atoms with van der Waals surface area (Å²) in [6.07, 6.45) is 1.98. The molecule has 1 unspecified atom stereocenters. The van der Waals surface area contributed by atoms with Crippen LogP contribution in [0.1, 0.15) is 12.8 Å². The molecule has 1 aromatic rings. The van der Waals surface area contributed by atoms with E-state index in [0.717, 1.165) is 12.8 Å². The maximum Gasteiger partial charge on any atom is 0.311 e. The molecule has 2 rings (SSSR count). The van der Waals surface area contributed by atoms with Crippen molar-refractivity contribution < 1.29 is 19.2 Å². The normalized spacial score (nSPS) is 15.3. The maximum absolute atomic E-state index is 11.3. The number of carbonyl (C=O) groups is 1. The highest BCUT2D eigenvalue weighted by atomic mass is 16.6. The largest absolute Gasteiger partial charge is 0.497 e. The van der Waals surface area contributed by atoms with Crippen LogP contribution in [0.15, 0.2) is 18.2 Å². The Kier molecular flexibility index (Phi) is 4.59. The van der Waals surface area contributed by atoms with E-state index in [4.69, 9.17) is 15.2 Å².